The van der Waals surface area contributed by atoms with Gasteiger partial charge < -0.3 is 9.32 Å². The third-order valence-corrected chi connectivity index (χ3v) is 5.88. The summed E-state index contributed by atoms with van der Waals surface area (Å²) in [5.41, 5.74) is 1.85. The maximum atomic E-state index is 13.9. The van der Waals surface area contributed by atoms with Crippen LogP contribution in [0, 0.1) is 5.82 Å². The highest BCUT2D eigenvalue weighted by Crippen LogP contribution is 2.31. The summed E-state index contributed by atoms with van der Waals surface area (Å²) in [5.74, 6) is 0.479. The lowest BCUT2D eigenvalue weighted by molar-refractivity contribution is -0.118. The molecule has 0 radical (unpaired) electrons. The number of carbonyl (C=O) groups is 1. The van der Waals surface area contributed by atoms with E-state index in [4.69, 9.17) is 9.56 Å². The fourth-order valence-electron chi connectivity index (χ4n) is 3.48. The second-order valence-electron chi connectivity index (χ2n) is 6.88. The van der Waals surface area contributed by atoms with E-state index in [0.29, 0.717) is 42.2 Å². The zero-order valence-corrected chi connectivity index (χ0v) is 16.3. The number of primary sulfonamides is 1. The second kappa shape index (κ2) is 7.46. The number of hydrogen-bond donors (Lipinski definition) is 1. The Hall–Kier alpha value is -2.97. The standard InChI is InChI=1S/C21H19FN2O4S/c22-18-4-2-1-3-17(18)20-9-6-15(28-20)7-10-21(25)24-12-11-14-5-8-16(13-19(14)24)29(23,26)27/h1-6,8-9,13H,7,10-12H2,(H2,23,26,27). The third-order valence-electron chi connectivity index (χ3n) is 4.97. The molecule has 0 atom stereocenters. The smallest absolute Gasteiger partial charge is 0.238 e. The van der Waals surface area contributed by atoms with Crippen molar-refractivity contribution in [3.63, 3.8) is 0 Å². The summed E-state index contributed by atoms with van der Waals surface area (Å²) in [7, 11) is -3.84. The minimum Gasteiger partial charge on any atom is -0.461 e. The number of furan rings is 1. The van der Waals surface area contributed by atoms with Crippen LogP contribution in [0.15, 0.2) is 63.9 Å². The molecule has 1 aliphatic heterocycles. The molecular formula is C21H19FN2O4S. The first-order valence-electron chi connectivity index (χ1n) is 9.12. The van der Waals surface area contributed by atoms with Crippen molar-refractivity contribution in [2.75, 3.05) is 11.4 Å². The maximum Gasteiger partial charge on any atom is 0.238 e. The van der Waals surface area contributed by atoms with Crippen LogP contribution < -0.4 is 10.0 Å². The van der Waals surface area contributed by atoms with Gasteiger partial charge >= 0.3 is 0 Å². The number of benzene rings is 2. The largest absolute Gasteiger partial charge is 0.461 e. The average Bonchev–Trinajstić information content (AvgIpc) is 3.32. The van der Waals surface area contributed by atoms with Gasteiger partial charge in [-0.15, -0.1) is 0 Å². The Morgan fingerprint density at radius 2 is 1.93 bits per heavy atom. The van der Waals surface area contributed by atoms with Gasteiger partial charge in [-0.2, -0.15) is 0 Å². The zero-order chi connectivity index (χ0) is 20.6. The highest BCUT2D eigenvalue weighted by molar-refractivity contribution is 7.89. The number of hydrogen-bond acceptors (Lipinski definition) is 4. The molecule has 1 amide bonds. The summed E-state index contributed by atoms with van der Waals surface area (Å²) in [5, 5.41) is 5.20. The van der Waals surface area contributed by atoms with E-state index in [0.717, 1.165) is 5.56 Å². The van der Waals surface area contributed by atoms with Gasteiger partial charge in [-0.05, 0) is 48.4 Å². The molecule has 0 fully saturated rings. The maximum absolute atomic E-state index is 13.9. The number of nitrogens with zero attached hydrogens (tertiary/aromatic N) is 1. The minimum absolute atomic E-state index is 0.0171. The summed E-state index contributed by atoms with van der Waals surface area (Å²) in [6, 6.07) is 14.3. The number of rotatable bonds is 5. The van der Waals surface area contributed by atoms with E-state index in [1.165, 1.54) is 18.2 Å². The summed E-state index contributed by atoms with van der Waals surface area (Å²) >= 11 is 0. The number of aryl methyl sites for hydroxylation is 1. The van der Waals surface area contributed by atoms with Gasteiger partial charge in [-0.1, -0.05) is 18.2 Å². The van der Waals surface area contributed by atoms with E-state index < -0.39 is 10.0 Å². The van der Waals surface area contributed by atoms with Crippen molar-refractivity contribution >= 4 is 21.6 Å². The predicted octanol–water partition coefficient (Wildman–Crippen LogP) is 3.26. The van der Waals surface area contributed by atoms with Crippen molar-refractivity contribution < 1.29 is 22.0 Å². The molecule has 2 heterocycles. The molecule has 2 N–H and O–H groups in total. The summed E-state index contributed by atoms with van der Waals surface area (Å²) in [4.78, 5) is 14.3. The summed E-state index contributed by atoms with van der Waals surface area (Å²) in [6.45, 7) is 0.487. The van der Waals surface area contributed by atoms with Crippen molar-refractivity contribution in [2.45, 2.75) is 24.2 Å². The highest BCUT2D eigenvalue weighted by Gasteiger charge is 2.26. The molecule has 1 aliphatic rings. The van der Waals surface area contributed by atoms with Crippen LogP contribution in [0.5, 0.6) is 0 Å². The third kappa shape index (κ3) is 3.94. The number of anilines is 1. The molecule has 1 aromatic heterocycles. The van der Waals surface area contributed by atoms with Crippen LogP contribution in [0.4, 0.5) is 10.1 Å². The van der Waals surface area contributed by atoms with Gasteiger partial charge in [0.15, 0.2) is 0 Å². The number of carbonyl (C=O) groups excluding carboxylic acids is 1. The highest BCUT2D eigenvalue weighted by atomic mass is 32.2. The normalized spacial score (nSPS) is 13.5. The molecule has 2 aromatic carbocycles. The SMILES string of the molecule is NS(=O)(=O)c1ccc2c(c1)N(C(=O)CCc1ccc(-c3ccccc3F)o1)CC2. The quantitative estimate of drug-likeness (QED) is 0.693. The first-order valence-corrected chi connectivity index (χ1v) is 10.7. The number of halogens is 1. The van der Waals surface area contributed by atoms with Crippen LogP contribution in [-0.4, -0.2) is 20.9 Å². The number of amides is 1. The lowest BCUT2D eigenvalue weighted by Gasteiger charge is -2.17. The molecule has 0 saturated heterocycles. The Morgan fingerprint density at radius 1 is 1.14 bits per heavy atom. The first-order chi connectivity index (χ1) is 13.8. The Balaban J connectivity index is 1.47. The van der Waals surface area contributed by atoms with E-state index in [-0.39, 0.29) is 23.0 Å². The molecule has 0 unspecified atom stereocenters. The van der Waals surface area contributed by atoms with Crippen LogP contribution in [0.25, 0.3) is 11.3 Å². The van der Waals surface area contributed by atoms with Crippen molar-refractivity contribution in [3.8, 4) is 11.3 Å². The number of fused-ring (bicyclic) bond motifs is 1. The molecule has 29 heavy (non-hydrogen) atoms. The topological polar surface area (TPSA) is 93.6 Å². The van der Waals surface area contributed by atoms with Crippen molar-refractivity contribution in [1.29, 1.82) is 0 Å². The first kappa shape index (κ1) is 19.4. The lowest BCUT2D eigenvalue weighted by Crippen LogP contribution is -2.29. The van der Waals surface area contributed by atoms with Gasteiger partial charge in [0.25, 0.3) is 0 Å². The van der Waals surface area contributed by atoms with Crippen molar-refractivity contribution in [2.24, 2.45) is 5.14 Å². The molecular weight excluding hydrogens is 395 g/mol. The molecule has 8 heteroatoms. The monoisotopic (exact) mass is 414 g/mol. The molecule has 6 nitrogen and oxygen atoms in total. The molecule has 150 valence electrons. The molecule has 0 spiro atoms. The zero-order valence-electron chi connectivity index (χ0n) is 15.5. The van der Waals surface area contributed by atoms with Crippen molar-refractivity contribution in [1.82, 2.24) is 0 Å². The van der Waals surface area contributed by atoms with E-state index in [1.54, 1.807) is 41.3 Å². The van der Waals surface area contributed by atoms with Crippen LogP contribution >= 0.6 is 0 Å². The van der Waals surface area contributed by atoms with Gasteiger partial charge in [0, 0.05) is 25.1 Å². The summed E-state index contributed by atoms with van der Waals surface area (Å²) in [6.07, 6.45) is 1.20. The van der Waals surface area contributed by atoms with Gasteiger partial charge in [0.05, 0.1) is 10.5 Å². The van der Waals surface area contributed by atoms with Crippen LogP contribution in [-0.2, 0) is 27.7 Å². The number of sulfonamides is 1. The Kier molecular flexibility index (Phi) is 4.97. The van der Waals surface area contributed by atoms with E-state index in [9.17, 15) is 17.6 Å². The van der Waals surface area contributed by atoms with E-state index in [1.807, 2.05) is 0 Å². The molecule has 3 aromatic rings. The fourth-order valence-corrected chi connectivity index (χ4v) is 4.01. The molecule has 0 aliphatic carbocycles. The lowest BCUT2D eigenvalue weighted by atomic mass is 10.1. The second-order valence-corrected chi connectivity index (χ2v) is 8.44. The summed E-state index contributed by atoms with van der Waals surface area (Å²) < 4.78 is 42.8. The van der Waals surface area contributed by atoms with Gasteiger partial charge in [-0.25, -0.2) is 17.9 Å². The molecule has 0 bridgehead atoms. The Labute approximate surface area is 167 Å². The van der Waals surface area contributed by atoms with Crippen LogP contribution in [0.3, 0.4) is 0 Å². The Morgan fingerprint density at radius 3 is 2.69 bits per heavy atom. The van der Waals surface area contributed by atoms with Crippen LogP contribution in [0.1, 0.15) is 17.7 Å². The predicted molar refractivity (Wildman–Crippen MR) is 106 cm³/mol. The van der Waals surface area contributed by atoms with Crippen molar-refractivity contribution in [3.05, 3.63) is 71.7 Å². The molecule has 0 saturated carbocycles. The Bertz CT molecular complexity index is 1190. The number of nitrogens with two attached hydrogens (primary N) is 1. The van der Waals surface area contributed by atoms with E-state index >= 15 is 0 Å². The minimum atomic E-state index is -3.84. The van der Waals surface area contributed by atoms with Gasteiger partial charge in [0.2, 0.25) is 15.9 Å². The van der Waals surface area contributed by atoms with E-state index in [2.05, 4.69) is 0 Å². The van der Waals surface area contributed by atoms with Gasteiger partial charge in [0.1, 0.15) is 17.3 Å². The average molecular weight is 414 g/mol. The van der Waals surface area contributed by atoms with Gasteiger partial charge in [-0.3, -0.25) is 4.79 Å². The molecule has 4 rings (SSSR count). The fraction of sp³-hybridized carbons (Fsp3) is 0.190. The van der Waals surface area contributed by atoms with Crippen LogP contribution in [0.2, 0.25) is 0 Å².